The Labute approximate surface area is 126 Å². The molecule has 1 aromatic heterocycles. The highest BCUT2D eigenvalue weighted by Gasteiger charge is 2.08. The molecule has 0 fully saturated rings. The molecular formula is C16H21N5. The summed E-state index contributed by atoms with van der Waals surface area (Å²) in [6.45, 7) is 9.08. The molecule has 0 N–H and O–H groups in total. The number of pyridine rings is 1. The maximum Gasteiger partial charge on any atom is 0.328 e. The topological polar surface area (TPSA) is 65.8 Å². The zero-order valence-corrected chi connectivity index (χ0v) is 12.5. The van der Waals surface area contributed by atoms with E-state index in [0.29, 0.717) is 5.82 Å². The second kappa shape index (κ2) is 10.5. The van der Waals surface area contributed by atoms with Crippen molar-refractivity contribution in [1.29, 1.82) is 5.26 Å². The first-order valence-corrected chi connectivity index (χ1v) is 7.38. The van der Waals surface area contributed by atoms with E-state index in [1.807, 2.05) is 24.4 Å². The molecular weight excluding hydrogens is 262 g/mol. The average Bonchev–Trinajstić information content (AvgIpc) is 2.53. The first-order chi connectivity index (χ1) is 10.3. The predicted molar refractivity (Wildman–Crippen MR) is 82.1 cm³/mol. The predicted octanol–water partition coefficient (Wildman–Crippen LogP) is 4.49. The summed E-state index contributed by atoms with van der Waals surface area (Å²) < 4.78 is 0. The first kappa shape index (κ1) is 16.8. The van der Waals surface area contributed by atoms with Crippen molar-refractivity contribution in [3.8, 4) is 6.07 Å². The van der Waals surface area contributed by atoms with Crippen molar-refractivity contribution in [2.75, 3.05) is 6.54 Å². The molecule has 1 unspecified atom stereocenters. The van der Waals surface area contributed by atoms with Crippen LogP contribution in [0.15, 0.2) is 28.6 Å². The number of hydrogen-bond acceptors (Lipinski definition) is 4. The van der Waals surface area contributed by atoms with Crippen LogP contribution in [0, 0.1) is 17.9 Å². The quantitative estimate of drug-likeness (QED) is 0.380. The Balaban J connectivity index is 2.35. The highest BCUT2D eigenvalue weighted by atomic mass is 15.1. The number of unbranched alkanes of at least 4 members (excludes halogenated alkanes) is 4. The van der Waals surface area contributed by atoms with Crippen LogP contribution in [-0.4, -0.2) is 17.6 Å². The summed E-state index contributed by atoms with van der Waals surface area (Å²) in [6, 6.07) is 4.94. The van der Waals surface area contributed by atoms with Crippen molar-refractivity contribution < 1.29 is 0 Å². The largest absolute Gasteiger partial charge is 0.328 e. The van der Waals surface area contributed by atoms with Gasteiger partial charge in [-0.05, 0) is 24.5 Å². The fraction of sp³-hybridized carbons (Fsp3) is 0.562. The standard InChI is InChI=1S/C16H21N5/c1-3-4-5-6-7-8-14-9-10-16(19-12-14)21-20-13-15(11-17)18-2/h9-10,12,15H,3-8,13H2,1H3. The number of hydrogen-bond donors (Lipinski definition) is 0. The first-order valence-electron chi connectivity index (χ1n) is 7.38. The van der Waals surface area contributed by atoms with Crippen LogP contribution in [-0.2, 0) is 6.42 Å². The second-order valence-corrected chi connectivity index (χ2v) is 4.89. The summed E-state index contributed by atoms with van der Waals surface area (Å²) in [5.41, 5.74) is 1.21. The Hall–Kier alpha value is -2.27. The van der Waals surface area contributed by atoms with E-state index in [4.69, 9.17) is 11.8 Å². The van der Waals surface area contributed by atoms with Crippen molar-refractivity contribution in [1.82, 2.24) is 4.98 Å². The van der Waals surface area contributed by atoms with Crippen LogP contribution in [0.4, 0.5) is 5.82 Å². The fourth-order valence-corrected chi connectivity index (χ4v) is 1.86. The molecule has 0 aromatic carbocycles. The summed E-state index contributed by atoms with van der Waals surface area (Å²) in [5, 5.41) is 16.4. The van der Waals surface area contributed by atoms with E-state index < -0.39 is 6.04 Å². The minimum Gasteiger partial charge on any atom is -0.295 e. The zero-order chi connectivity index (χ0) is 15.3. The maximum atomic E-state index is 8.61. The summed E-state index contributed by atoms with van der Waals surface area (Å²) in [4.78, 5) is 7.34. The smallest absolute Gasteiger partial charge is 0.295 e. The highest BCUT2D eigenvalue weighted by molar-refractivity contribution is 5.28. The van der Waals surface area contributed by atoms with E-state index in [1.165, 1.54) is 37.7 Å². The van der Waals surface area contributed by atoms with Crippen LogP contribution in [0.5, 0.6) is 0 Å². The Morgan fingerprint density at radius 1 is 1.33 bits per heavy atom. The van der Waals surface area contributed by atoms with Crippen LogP contribution in [0.2, 0.25) is 0 Å². The SMILES string of the molecule is [C-]#[N+]C(C#N)CN=Nc1ccc(CCCCCCC)cn1. The van der Waals surface area contributed by atoms with Gasteiger partial charge in [-0.3, -0.25) is 4.85 Å². The number of aryl methyl sites for hydroxylation is 1. The third kappa shape index (κ3) is 7.17. The summed E-state index contributed by atoms with van der Waals surface area (Å²) >= 11 is 0. The van der Waals surface area contributed by atoms with Gasteiger partial charge in [0.25, 0.3) is 0 Å². The van der Waals surface area contributed by atoms with Crippen molar-refractivity contribution >= 4 is 5.82 Å². The van der Waals surface area contributed by atoms with E-state index in [9.17, 15) is 0 Å². The van der Waals surface area contributed by atoms with Gasteiger partial charge in [0.15, 0.2) is 11.9 Å². The molecule has 0 saturated heterocycles. The number of aromatic nitrogens is 1. The van der Waals surface area contributed by atoms with Crippen molar-refractivity contribution in [3.63, 3.8) is 0 Å². The summed E-state index contributed by atoms with van der Waals surface area (Å²) in [5.74, 6) is 0.520. The van der Waals surface area contributed by atoms with Crippen molar-refractivity contribution in [2.24, 2.45) is 10.2 Å². The zero-order valence-electron chi connectivity index (χ0n) is 12.5. The normalized spacial score (nSPS) is 12.0. The van der Waals surface area contributed by atoms with Gasteiger partial charge in [0, 0.05) is 6.20 Å². The molecule has 1 rings (SSSR count). The fourth-order valence-electron chi connectivity index (χ4n) is 1.86. The van der Waals surface area contributed by atoms with Crippen molar-refractivity contribution in [2.45, 2.75) is 51.5 Å². The number of nitriles is 1. The third-order valence-electron chi connectivity index (χ3n) is 3.11. The number of azo groups is 1. The van der Waals surface area contributed by atoms with Crippen LogP contribution >= 0.6 is 0 Å². The third-order valence-corrected chi connectivity index (χ3v) is 3.11. The molecule has 0 aliphatic carbocycles. The molecule has 1 aromatic rings. The van der Waals surface area contributed by atoms with Crippen LogP contribution in [0.25, 0.3) is 4.85 Å². The van der Waals surface area contributed by atoms with Crippen LogP contribution in [0.1, 0.15) is 44.6 Å². The van der Waals surface area contributed by atoms with Crippen molar-refractivity contribution in [3.05, 3.63) is 35.3 Å². The van der Waals surface area contributed by atoms with E-state index in [-0.39, 0.29) is 6.54 Å². The highest BCUT2D eigenvalue weighted by Crippen LogP contribution is 2.12. The average molecular weight is 283 g/mol. The Kier molecular flexibility index (Phi) is 8.40. The number of nitrogens with zero attached hydrogens (tertiary/aromatic N) is 5. The molecule has 5 nitrogen and oxygen atoms in total. The summed E-state index contributed by atoms with van der Waals surface area (Å²) in [7, 11) is 0. The Bertz CT molecular complexity index is 493. The van der Waals surface area contributed by atoms with E-state index >= 15 is 0 Å². The molecule has 1 heterocycles. The van der Waals surface area contributed by atoms with E-state index in [1.54, 1.807) is 0 Å². The van der Waals surface area contributed by atoms with Gasteiger partial charge in [0.2, 0.25) is 0 Å². The second-order valence-electron chi connectivity index (χ2n) is 4.89. The van der Waals surface area contributed by atoms with Gasteiger partial charge in [-0.15, -0.1) is 5.11 Å². The van der Waals surface area contributed by atoms with E-state index in [2.05, 4.69) is 27.0 Å². The minimum atomic E-state index is -0.754. The maximum absolute atomic E-state index is 8.61. The lowest BCUT2D eigenvalue weighted by Crippen LogP contribution is -2.01. The molecule has 21 heavy (non-hydrogen) atoms. The van der Waals surface area contributed by atoms with Gasteiger partial charge in [0.1, 0.15) is 6.54 Å². The molecule has 5 heteroatoms. The van der Waals surface area contributed by atoms with Gasteiger partial charge in [-0.2, -0.15) is 10.4 Å². The van der Waals surface area contributed by atoms with Gasteiger partial charge >= 0.3 is 6.04 Å². The monoisotopic (exact) mass is 283 g/mol. The molecule has 110 valence electrons. The number of rotatable bonds is 9. The Morgan fingerprint density at radius 2 is 2.14 bits per heavy atom. The molecule has 1 atom stereocenters. The van der Waals surface area contributed by atoms with Gasteiger partial charge in [0.05, 0.1) is 0 Å². The van der Waals surface area contributed by atoms with Gasteiger partial charge < -0.3 is 0 Å². The molecule has 0 aliphatic heterocycles. The lowest BCUT2D eigenvalue weighted by Gasteiger charge is -2.01. The van der Waals surface area contributed by atoms with Gasteiger partial charge in [-0.1, -0.05) is 38.7 Å². The Morgan fingerprint density at radius 3 is 2.76 bits per heavy atom. The lowest BCUT2D eigenvalue weighted by molar-refractivity contribution is 0.632. The molecule has 0 amide bonds. The van der Waals surface area contributed by atoms with Crippen LogP contribution in [0.3, 0.4) is 0 Å². The van der Waals surface area contributed by atoms with Gasteiger partial charge in [-0.25, -0.2) is 11.6 Å². The van der Waals surface area contributed by atoms with Crippen LogP contribution < -0.4 is 0 Å². The molecule has 0 aliphatic rings. The molecule has 0 radical (unpaired) electrons. The summed E-state index contributed by atoms with van der Waals surface area (Å²) in [6.07, 6.45) is 9.21. The minimum absolute atomic E-state index is 0.0981. The van der Waals surface area contributed by atoms with E-state index in [0.717, 1.165) is 6.42 Å². The molecule has 0 spiro atoms. The molecule has 0 saturated carbocycles. The molecule has 0 bridgehead atoms. The lowest BCUT2D eigenvalue weighted by atomic mass is 10.1.